The van der Waals surface area contributed by atoms with Crippen LogP contribution in [0.15, 0.2) is 54.6 Å². The van der Waals surface area contributed by atoms with Gasteiger partial charge in [-0.2, -0.15) is 0 Å². The largest absolute Gasteiger partial charge is 0.345 e. The third-order valence-corrected chi connectivity index (χ3v) is 7.33. The molecule has 0 N–H and O–H groups in total. The zero-order valence-electron chi connectivity index (χ0n) is 17.9. The van der Waals surface area contributed by atoms with E-state index in [-0.39, 0.29) is 5.91 Å². The number of para-hydroxylation sites is 1. The van der Waals surface area contributed by atoms with Gasteiger partial charge in [-0.05, 0) is 91.1 Å². The highest BCUT2D eigenvalue weighted by atomic mass is 127. The number of hydrogen-bond acceptors (Lipinski definition) is 2. The lowest BCUT2D eigenvalue weighted by atomic mass is 9.87. The number of hydrogen-bond donors (Lipinski definition) is 0. The molecule has 4 aromatic rings. The first kappa shape index (κ1) is 20.5. The molecule has 0 saturated carbocycles. The highest BCUT2D eigenvalue weighted by Crippen LogP contribution is 2.38. The number of pyridine rings is 1. The first-order valence-corrected chi connectivity index (χ1v) is 12.1. The fourth-order valence-corrected chi connectivity index (χ4v) is 5.61. The molecule has 0 spiro atoms. The van der Waals surface area contributed by atoms with Gasteiger partial charge in [-0.25, -0.2) is 4.98 Å². The molecular weight excluding hydrogens is 497 g/mol. The van der Waals surface area contributed by atoms with Crippen LogP contribution in [0, 0.1) is 10.5 Å². The number of halogens is 1. The molecule has 1 amide bonds. The molecule has 0 bridgehead atoms. The molecule has 5 heteroatoms. The van der Waals surface area contributed by atoms with Gasteiger partial charge in [0.05, 0.1) is 5.52 Å². The second-order valence-corrected chi connectivity index (χ2v) is 9.61. The Morgan fingerprint density at radius 3 is 2.65 bits per heavy atom. The summed E-state index contributed by atoms with van der Waals surface area (Å²) in [4.78, 5) is 19.7. The van der Waals surface area contributed by atoms with E-state index in [9.17, 15) is 4.79 Å². The Morgan fingerprint density at radius 2 is 1.87 bits per heavy atom. The number of amides is 1. The van der Waals surface area contributed by atoms with E-state index in [1.54, 1.807) is 0 Å². The highest BCUT2D eigenvalue weighted by molar-refractivity contribution is 14.1. The van der Waals surface area contributed by atoms with Gasteiger partial charge >= 0.3 is 0 Å². The molecule has 31 heavy (non-hydrogen) atoms. The first-order chi connectivity index (χ1) is 15.1. The van der Waals surface area contributed by atoms with Crippen LogP contribution in [-0.2, 0) is 6.54 Å². The second-order valence-electron chi connectivity index (χ2n) is 8.36. The van der Waals surface area contributed by atoms with Crippen molar-refractivity contribution in [2.24, 2.45) is 0 Å². The lowest BCUT2D eigenvalue weighted by Gasteiger charge is -2.32. The molecule has 4 nitrogen and oxygen atoms in total. The standard InChI is InChI=1S/C26H26IN3O/c1-3-30-17(2)25(21-16-20(27)9-11-24(21)30)19-12-14-29(15-13-19)26(31)23-10-8-18-6-4-5-7-22(18)28-23/h4-11,16,19H,3,12-15H2,1-2H3. The SMILES string of the molecule is CCn1c(C)c(C2CCN(C(=O)c3ccc4ccccc4n3)CC2)c2cc(I)ccc21. The molecule has 1 saturated heterocycles. The molecule has 1 aliphatic heterocycles. The number of fused-ring (bicyclic) bond motifs is 2. The molecule has 1 aliphatic rings. The third kappa shape index (κ3) is 3.63. The number of rotatable bonds is 3. The Kier molecular flexibility index (Phi) is 5.46. The summed E-state index contributed by atoms with van der Waals surface area (Å²) in [5.41, 5.74) is 5.60. The van der Waals surface area contributed by atoms with Crippen LogP contribution in [-0.4, -0.2) is 33.4 Å². The molecule has 0 radical (unpaired) electrons. The topological polar surface area (TPSA) is 38.1 Å². The van der Waals surface area contributed by atoms with Crippen molar-refractivity contribution in [1.82, 2.24) is 14.5 Å². The van der Waals surface area contributed by atoms with Gasteiger partial charge in [-0.1, -0.05) is 24.3 Å². The fraction of sp³-hybridized carbons (Fsp3) is 0.308. The number of piperidine rings is 1. The lowest BCUT2D eigenvalue weighted by Crippen LogP contribution is -2.38. The Balaban J connectivity index is 1.38. The van der Waals surface area contributed by atoms with Crippen molar-refractivity contribution in [3.8, 4) is 0 Å². The van der Waals surface area contributed by atoms with Gasteiger partial charge in [-0.3, -0.25) is 4.79 Å². The predicted molar refractivity (Wildman–Crippen MR) is 135 cm³/mol. The minimum Gasteiger partial charge on any atom is -0.345 e. The lowest BCUT2D eigenvalue weighted by molar-refractivity contribution is 0.0707. The Labute approximate surface area is 196 Å². The number of benzene rings is 2. The van der Waals surface area contributed by atoms with Crippen LogP contribution in [0.3, 0.4) is 0 Å². The van der Waals surface area contributed by atoms with Crippen LogP contribution in [0.1, 0.15) is 47.4 Å². The van der Waals surface area contributed by atoms with Gasteiger partial charge in [0.1, 0.15) is 5.69 Å². The highest BCUT2D eigenvalue weighted by Gasteiger charge is 2.28. The van der Waals surface area contributed by atoms with Crippen LogP contribution in [0.4, 0.5) is 0 Å². The molecular formula is C26H26IN3O. The van der Waals surface area contributed by atoms with Crippen molar-refractivity contribution in [1.29, 1.82) is 0 Å². The summed E-state index contributed by atoms with van der Waals surface area (Å²) in [6, 6.07) is 18.6. The summed E-state index contributed by atoms with van der Waals surface area (Å²) in [6.07, 6.45) is 1.99. The van der Waals surface area contributed by atoms with Crippen molar-refractivity contribution in [3.63, 3.8) is 0 Å². The summed E-state index contributed by atoms with van der Waals surface area (Å²) >= 11 is 2.40. The molecule has 0 unspecified atom stereocenters. The molecule has 1 fully saturated rings. The average molecular weight is 523 g/mol. The maximum Gasteiger partial charge on any atom is 0.272 e. The zero-order valence-corrected chi connectivity index (χ0v) is 20.1. The number of nitrogens with zero attached hydrogens (tertiary/aromatic N) is 3. The monoisotopic (exact) mass is 523 g/mol. The summed E-state index contributed by atoms with van der Waals surface area (Å²) in [6.45, 7) is 7.00. The average Bonchev–Trinajstić information content (AvgIpc) is 3.08. The van der Waals surface area contributed by atoms with Gasteiger partial charge < -0.3 is 9.47 Å². The Hall–Kier alpha value is -2.41. The molecule has 2 aromatic heterocycles. The molecule has 3 heterocycles. The van der Waals surface area contributed by atoms with Crippen LogP contribution >= 0.6 is 22.6 Å². The van der Waals surface area contributed by atoms with Gasteiger partial charge in [0.15, 0.2) is 0 Å². The minimum absolute atomic E-state index is 0.0476. The van der Waals surface area contributed by atoms with Gasteiger partial charge in [-0.15, -0.1) is 0 Å². The van der Waals surface area contributed by atoms with Crippen LogP contribution in [0.2, 0.25) is 0 Å². The fourth-order valence-electron chi connectivity index (χ4n) is 5.12. The van der Waals surface area contributed by atoms with Crippen molar-refractivity contribution >= 4 is 50.3 Å². The second kappa shape index (κ2) is 8.26. The van der Waals surface area contributed by atoms with E-state index in [4.69, 9.17) is 0 Å². The van der Waals surface area contributed by atoms with E-state index < -0.39 is 0 Å². The summed E-state index contributed by atoms with van der Waals surface area (Å²) in [5, 5.41) is 2.45. The molecule has 158 valence electrons. The van der Waals surface area contributed by atoms with E-state index in [0.29, 0.717) is 11.6 Å². The molecule has 2 aromatic carbocycles. The normalized spacial score (nSPS) is 15.1. The summed E-state index contributed by atoms with van der Waals surface area (Å²) in [7, 11) is 0. The Morgan fingerprint density at radius 1 is 1.10 bits per heavy atom. The molecule has 0 aliphatic carbocycles. The number of carbonyl (C=O) groups excluding carboxylic acids is 1. The quantitative estimate of drug-likeness (QED) is 0.303. The van der Waals surface area contributed by atoms with Crippen molar-refractivity contribution in [2.45, 2.75) is 39.2 Å². The van der Waals surface area contributed by atoms with Crippen LogP contribution < -0.4 is 0 Å². The Bertz CT molecular complexity index is 1280. The summed E-state index contributed by atoms with van der Waals surface area (Å²) < 4.78 is 3.70. The van der Waals surface area contributed by atoms with Crippen LogP contribution in [0.5, 0.6) is 0 Å². The number of likely N-dealkylation sites (tertiary alicyclic amines) is 1. The minimum atomic E-state index is 0.0476. The smallest absolute Gasteiger partial charge is 0.272 e. The van der Waals surface area contributed by atoms with Gasteiger partial charge in [0.25, 0.3) is 5.91 Å². The van der Waals surface area contributed by atoms with Gasteiger partial charge in [0, 0.05) is 45.2 Å². The first-order valence-electron chi connectivity index (χ1n) is 11.0. The van der Waals surface area contributed by atoms with E-state index >= 15 is 0 Å². The summed E-state index contributed by atoms with van der Waals surface area (Å²) in [5.74, 6) is 0.536. The predicted octanol–water partition coefficient (Wildman–Crippen LogP) is 6.14. The number of aryl methyl sites for hydroxylation is 1. The zero-order chi connectivity index (χ0) is 21.5. The number of aromatic nitrogens is 2. The molecule has 5 rings (SSSR count). The van der Waals surface area contributed by atoms with E-state index in [1.165, 1.54) is 25.7 Å². The van der Waals surface area contributed by atoms with Gasteiger partial charge in [0.2, 0.25) is 0 Å². The third-order valence-electron chi connectivity index (χ3n) is 6.66. The maximum absolute atomic E-state index is 13.1. The van der Waals surface area contributed by atoms with E-state index in [2.05, 4.69) is 64.2 Å². The van der Waals surface area contributed by atoms with Crippen LogP contribution in [0.25, 0.3) is 21.8 Å². The van der Waals surface area contributed by atoms with E-state index in [1.807, 2.05) is 41.3 Å². The number of carbonyl (C=O) groups is 1. The van der Waals surface area contributed by atoms with Crippen molar-refractivity contribution in [2.75, 3.05) is 13.1 Å². The molecule has 0 atom stereocenters. The van der Waals surface area contributed by atoms with Crippen molar-refractivity contribution in [3.05, 3.63) is 75.1 Å². The van der Waals surface area contributed by atoms with E-state index in [0.717, 1.165) is 43.4 Å². The van der Waals surface area contributed by atoms with Crippen molar-refractivity contribution < 1.29 is 4.79 Å². The maximum atomic E-state index is 13.1.